The highest BCUT2D eigenvalue weighted by Gasteiger charge is 2.05. The average molecular weight is 246 g/mol. The number of hydrogen-bond donors (Lipinski definition) is 1. The van der Waals surface area contributed by atoms with Crippen LogP contribution in [0.5, 0.6) is 0 Å². The van der Waals surface area contributed by atoms with Crippen LogP contribution in [0.3, 0.4) is 0 Å². The van der Waals surface area contributed by atoms with E-state index in [-0.39, 0.29) is 0 Å². The maximum absolute atomic E-state index is 3.17. The fraction of sp³-hybridized carbons (Fsp3) is 0.286. The molecule has 3 heteroatoms. The Morgan fingerprint density at radius 3 is 2.76 bits per heavy atom. The zero-order chi connectivity index (χ0) is 12.3. The second-order valence-corrected chi connectivity index (χ2v) is 5.18. The molecule has 2 aromatic rings. The monoisotopic (exact) mass is 246 g/mol. The molecule has 0 amide bonds. The molecule has 2 rings (SSSR count). The van der Waals surface area contributed by atoms with Crippen molar-refractivity contribution >= 4 is 22.7 Å². The summed E-state index contributed by atoms with van der Waals surface area (Å²) in [5, 5.41) is 5.32. The molecule has 1 aromatic heterocycles. The van der Waals surface area contributed by atoms with Gasteiger partial charge in [-0.05, 0) is 42.1 Å². The summed E-state index contributed by atoms with van der Waals surface area (Å²) in [6.07, 6.45) is 0. The summed E-state index contributed by atoms with van der Waals surface area (Å²) < 4.78 is 0. The molecule has 17 heavy (non-hydrogen) atoms. The lowest BCUT2D eigenvalue weighted by Crippen LogP contribution is -2.16. The molecule has 0 radical (unpaired) electrons. The van der Waals surface area contributed by atoms with Gasteiger partial charge < -0.3 is 10.2 Å². The Hall–Kier alpha value is -1.48. The molecule has 0 aliphatic carbocycles. The third-order valence-electron chi connectivity index (χ3n) is 2.92. The molecule has 2 nitrogen and oxygen atoms in total. The molecule has 0 bridgehead atoms. The van der Waals surface area contributed by atoms with Crippen LogP contribution < -0.4 is 10.2 Å². The Bertz CT molecular complexity index is 490. The van der Waals surface area contributed by atoms with E-state index in [0.717, 1.165) is 12.2 Å². The van der Waals surface area contributed by atoms with Crippen molar-refractivity contribution in [3.63, 3.8) is 0 Å². The van der Waals surface area contributed by atoms with E-state index >= 15 is 0 Å². The molecular weight excluding hydrogens is 228 g/mol. The van der Waals surface area contributed by atoms with Crippen LogP contribution in [0, 0.1) is 6.92 Å². The summed E-state index contributed by atoms with van der Waals surface area (Å²) in [4.78, 5) is 3.71. The minimum atomic E-state index is 0.969. The lowest BCUT2D eigenvalue weighted by Gasteiger charge is -2.19. The molecule has 1 aromatic carbocycles. The Morgan fingerprint density at radius 2 is 2.12 bits per heavy atom. The largest absolute Gasteiger partial charge is 0.388 e. The van der Waals surface area contributed by atoms with Crippen molar-refractivity contribution in [2.75, 3.05) is 24.3 Å². The molecule has 90 valence electrons. The number of thiophene rings is 1. The minimum Gasteiger partial charge on any atom is -0.388 e. The Balaban J connectivity index is 2.14. The Kier molecular flexibility index (Phi) is 3.69. The number of benzene rings is 1. The number of aryl methyl sites for hydroxylation is 1. The van der Waals surface area contributed by atoms with Crippen LogP contribution in [0.15, 0.2) is 35.7 Å². The number of anilines is 2. The normalized spacial score (nSPS) is 10.3. The maximum atomic E-state index is 3.17. The molecule has 0 aliphatic heterocycles. The van der Waals surface area contributed by atoms with E-state index in [4.69, 9.17) is 0 Å². The number of nitrogens with zero attached hydrogens (tertiary/aromatic N) is 1. The number of hydrogen-bond acceptors (Lipinski definition) is 3. The average Bonchev–Trinajstić information content (AvgIpc) is 2.75. The van der Waals surface area contributed by atoms with E-state index in [1.54, 1.807) is 0 Å². The minimum absolute atomic E-state index is 0.969. The van der Waals surface area contributed by atoms with Gasteiger partial charge in [0.1, 0.15) is 0 Å². The second-order valence-electron chi connectivity index (χ2n) is 4.18. The summed E-state index contributed by atoms with van der Waals surface area (Å²) in [6, 6.07) is 10.7. The summed E-state index contributed by atoms with van der Waals surface area (Å²) in [5.41, 5.74) is 3.77. The van der Waals surface area contributed by atoms with Gasteiger partial charge in [-0.2, -0.15) is 0 Å². The van der Waals surface area contributed by atoms with Crippen LogP contribution in [0.25, 0.3) is 0 Å². The number of nitrogens with one attached hydrogen (secondary N) is 1. The van der Waals surface area contributed by atoms with Crippen molar-refractivity contribution in [2.45, 2.75) is 13.5 Å². The van der Waals surface area contributed by atoms with Gasteiger partial charge in [0.25, 0.3) is 0 Å². The highest BCUT2D eigenvalue weighted by Crippen LogP contribution is 2.23. The highest BCUT2D eigenvalue weighted by molar-refractivity contribution is 7.10. The molecule has 0 spiro atoms. The summed E-state index contributed by atoms with van der Waals surface area (Å²) in [6.45, 7) is 3.14. The zero-order valence-corrected chi connectivity index (χ0v) is 11.3. The standard InChI is InChI=1S/C14H18N2S/c1-11-7-8-17-14(11)10-16(3)13-6-4-5-12(9-13)15-2/h4-9,15H,10H2,1-3H3. The molecule has 0 saturated heterocycles. The summed E-state index contributed by atoms with van der Waals surface area (Å²) >= 11 is 1.83. The van der Waals surface area contributed by atoms with Crippen molar-refractivity contribution in [3.05, 3.63) is 46.2 Å². The first kappa shape index (κ1) is 12.0. The van der Waals surface area contributed by atoms with Gasteiger partial charge in [0.15, 0.2) is 0 Å². The van der Waals surface area contributed by atoms with Crippen LogP contribution >= 0.6 is 11.3 Å². The quantitative estimate of drug-likeness (QED) is 0.884. The third-order valence-corrected chi connectivity index (χ3v) is 3.93. The van der Waals surface area contributed by atoms with Gasteiger partial charge in [0, 0.05) is 30.3 Å². The third kappa shape index (κ3) is 2.80. The molecule has 0 aliphatic rings. The Morgan fingerprint density at radius 1 is 1.29 bits per heavy atom. The van der Waals surface area contributed by atoms with Crippen molar-refractivity contribution < 1.29 is 0 Å². The van der Waals surface area contributed by atoms with Gasteiger partial charge in [-0.3, -0.25) is 0 Å². The summed E-state index contributed by atoms with van der Waals surface area (Å²) in [7, 11) is 4.08. The van der Waals surface area contributed by atoms with Gasteiger partial charge in [-0.25, -0.2) is 0 Å². The van der Waals surface area contributed by atoms with E-state index < -0.39 is 0 Å². The smallest absolute Gasteiger partial charge is 0.0522 e. The van der Waals surface area contributed by atoms with Gasteiger partial charge in [-0.1, -0.05) is 6.07 Å². The van der Waals surface area contributed by atoms with Gasteiger partial charge in [-0.15, -0.1) is 11.3 Å². The topological polar surface area (TPSA) is 15.3 Å². The van der Waals surface area contributed by atoms with Crippen molar-refractivity contribution in [1.29, 1.82) is 0 Å². The van der Waals surface area contributed by atoms with E-state index in [1.165, 1.54) is 16.1 Å². The fourth-order valence-corrected chi connectivity index (χ4v) is 2.73. The SMILES string of the molecule is CNc1cccc(N(C)Cc2sccc2C)c1. The molecule has 1 heterocycles. The Labute approximate surface area is 107 Å². The first-order valence-corrected chi connectivity index (χ1v) is 6.60. The molecule has 0 atom stereocenters. The fourth-order valence-electron chi connectivity index (χ4n) is 1.77. The highest BCUT2D eigenvalue weighted by atomic mass is 32.1. The predicted octanol–water partition coefficient (Wildman–Crippen LogP) is 3.73. The van der Waals surface area contributed by atoms with Gasteiger partial charge in [0.05, 0.1) is 6.54 Å². The first-order chi connectivity index (χ1) is 8.20. The lowest BCUT2D eigenvalue weighted by atomic mass is 10.2. The molecule has 0 unspecified atom stereocenters. The van der Waals surface area contributed by atoms with Crippen molar-refractivity contribution in [1.82, 2.24) is 0 Å². The van der Waals surface area contributed by atoms with Crippen molar-refractivity contribution in [3.8, 4) is 0 Å². The van der Waals surface area contributed by atoms with E-state index in [9.17, 15) is 0 Å². The van der Waals surface area contributed by atoms with Crippen LogP contribution in [0.4, 0.5) is 11.4 Å². The van der Waals surface area contributed by atoms with Crippen molar-refractivity contribution in [2.24, 2.45) is 0 Å². The number of rotatable bonds is 4. The molecular formula is C14H18N2S. The van der Waals surface area contributed by atoms with Crippen LogP contribution in [0.1, 0.15) is 10.4 Å². The molecule has 0 saturated carbocycles. The van der Waals surface area contributed by atoms with Crippen LogP contribution in [-0.2, 0) is 6.54 Å². The van der Waals surface area contributed by atoms with Crippen LogP contribution in [-0.4, -0.2) is 14.1 Å². The second kappa shape index (κ2) is 5.23. The molecule has 1 N–H and O–H groups in total. The maximum Gasteiger partial charge on any atom is 0.0522 e. The molecule has 0 fully saturated rings. The van der Waals surface area contributed by atoms with Crippen LogP contribution in [0.2, 0.25) is 0 Å². The van der Waals surface area contributed by atoms with Gasteiger partial charge in [0.2, 0.25) is 0 Å². The first-order valence-electron chi connectivity index (χ1n) is 5.72. The summed E-state index contributed by atoms with van der Waals surface area (Å²) in [5.74, 6) is 0. The van der Waals surface area contributed by atoms with E-state index in [1.807, 2.05) is 18.4 Å². The predicted molar refractivity (Wildman–Crippen MR) is 77.2 cm³/mol. The van der Waals surface area contributed by atoms with E-state index in [2.05, 4.69) is 59.9 Å². The van der Waals surface area contributed by atoms with E-state index in [0.29, 0.717) is 0 Å². The zero-order valence-electron chi connectivity index (χ0n) is 10.5. The van der Waals surface area contributed by atoms with Gasteiger partial charge >= 0.3 is 0 Å². The lowest BCUT2D eigenvalue weighted by molar-refractivity contribution is 0.934.